The number of hydrogen-bond donors (Lipinski definition) is 0. The van der Waals surface area contributed by atoms with Crippen molar-refractivity contribution in [3.8, 4) is 5.75 Å². The van der Waals surface area contributed by atoms with Gasteiger partial charge in [0, 0.05) is 5.39 Å². The predicted octanol–water partition coefficient (Wildman–Crippen LogP) is 2.30. The van der Waals surface area contributed by atoms with E-state index in [9.17, 15) is 4.79 Å². The van der Waals surface area contributed by atoms with Crippen LogP contribution >= 0.6 is 0 Å². The van der Waals surface area contributed by atoms with Crippen LogP contribution in [0.1, 0.15) is 5.56 Å². The highest BCUT2D eigenvalue weighted by molar-refractivity contribution is 5.98. The lowest BCUT2D eigenvalue weighted by molar-refractivity contribution is -0.133. The Morgan fingerprint density at radius 3 is 2.71 bits per heavy atom. The smallest absolute Gasteiger partial charge is 0.315 e. The van der Waals surface area contributed by atoms with Gasteiger partial charge in [-0.05, 0) is 17.0 Å². The van der Waals surface area contributed by atoms with Gasteiger partial charge in [0.25, 0.3) is 0 Å². The summed E-state index contributed by atoms with van der Waals surface area (Å²) in [5, 5.41) is 2.21. The van der Waals surface area contributed by atoms with Crippen molar-refractivity contribution in [2.45, 2.75) is 6.42 Å². The summed E-state index contributed by atoms with van der Waals surface area (Å²) < 4.78 is 5.16. The van der Waals surface area contributed by atoms with Gasteiger partial charge < -0.3 is 4.74 Å². The van der Waals surface area contributed by atoms with Crippen molar-refractivity contribution in [2.75, 3.05) is 0 Å². The van der Waals surface area contributed by atoms with Crippen molar-refractivity contribution < 1.29 is 9.53 Å². The van der Waals surface area contributed by atoms with Crippen molar-refractivity contribution in [3.63, 3.8) is 0 Å². The molecule has 1 aliphatic heterocycles. The molecule has 0 radical (unpaired) electrons. The van der Waals surface area contributed by atoms with Crippen LogP contribution in [0.3, 0.4) is 0 Å². The molecule has 0 unspecified atom stereocenters. The van der Waals surface area contributed by atoms with Crippen LogP contribution in [-0.2, 0) is 11.2 Å². The molecule has 2 nitrogen and oxygen atoms in total. The Morgan fingerprint density at radius 1 is 1.07 bits per heavy atom. The third-order valence-electron chi connectivity index (χ3n) is 2.51. The molecule has 0 N–H and O–H groups in total. The Balaban J connectivity index is 2.45. The fourth-order valence-electron chi connectivity index (χ4n) is 1.93. The van der Waals surface area contributed by atoms with Crippen LogP contribution in [0.2, 0.25) is 0 Å². The van der Waals surface area contributed by atoms with Gasteiger partial charge in [-0.2, -0.15) is 0 Å². The van der Waals surface area contributed by atoms with Crippen LogP contribution < -0.4 is 4.74 Å². The highest BCUT2D eigenvalue weighted by Crippen LogP contribution is 2.32. The molecule has 2 aromatic rings. The topological polar surface area (TPSA) is 26.3 Å². The summed E-state index contributed by atoms with van der Waals surface area (Å²) in [5.74, 6) is 0.519. The highest BCUT2D eigenvalue weighted by atomic mass is 16.5. The molecule has 0 atom stereocenters. The fraction of sp³-hybridized carbons (Fsp3) is 0.0833. The third kappa shape index (κ3) is 0.940. The molecule has 0 spiro atoms. The molecular weight excluding hydrogens is 176 g/mol. The minimum atomic E-state index is -0.170. The molecule has 1 aliphatic rings. The summed E-state index contributed by atoms with van der Waals surface area (Å²) in [6.45, 7) is 0. The van der Waals surface area contributed by atoms with E-state index < -0.39 is 0 Å². The largest absolute Gasteiger partial charge is 0.426 e. The van der Waals surface area contributed by atoms with Gasteiger partial charge in [0.05, 0.1) is 6.42 Å². The van der Waals surface area contributed by atoms with Gasteiger partial charge in [0.1, 0.15) is 5.75 Å². The number of carbonyl (C=O) groups excluding carboxylic acids is 1. The van der Waals surface area contributed by atoms with E-state index in [0.29, 0.717) is 12.2 Å². The van der Waals surface area contributed by atoms with Crippen molar-refractivity contribution >= 4 is 16.7 Å². The molecule has 0 aromatic heterocycles. The molecule has 1 heterocycles. The Hall–Kier alpha value is -1.83. The highest BCUT2D eigenvalue weighted by Gasteiger charge is 2.18. The molecule has 2 heteroatoms. The summed E-state index contributed by atoms with van der Waals surface area (Å²) in [6, 6.07) is 11.7. The average molecular weight is 184 g/mol. The summed E-state index contributed by atoms with van der Waals surface area (Å²) >= 11 is 0. The number of carbonyl (C=O) groups is 1. The van der Waals surface area contributed by atoms with Crippen LogP contribution in [-0.4, -0.2) is 5.97 Å². The van der Waals surface area contributed by atoms with Gasteiger partial charge in [0.2, 0.25) is 0 Å². The summed E-state index contributed by atoms with van der Waals surface area (Å²) in [6.07, 6.45) is 0.383. The number of ether oxygens (including phenoxy) is 1. The Labute approximate surface area is 81.1 Å². The first-order valence-corrected chi connectivity index (χ1v) is 4.56. The second kappa shape index (κ2) is 2.58. The van der Waals surface area contributed by atoms with E-state index in [0.717, 1.165) is 16.3 Å². The molecule has 0 aliphatic carbocycles. The average Bonchev–Trinajstić information content (AvgIpc) is 2.18. The lowest BCUT2D eigenvalue weighted by atomic mass is 10.00. The lowest BCUT2D eigenvalue weighted by Gasteiger charge is -2.16. The summed E-state index contributed by atoms with van der Waals surface area (Å²) in [5.41, 5.74) is 1.06. The van der Waals surface area contributed by atoms with E-state index in [4.69, 9.17) is 4.74 Å². The zero-order valence-electron chi connectivity index (χ0n) is 7.49. The van der Waals surface area contributed by atoms with Gasteiger partial charge in [-0.25, -0.2) is 0 Å². The van der Waals surface area contributed by atoms with Crippen molar-refractivity contribution in [3.05, 3.63) is 42.0 Å². The van der Waals surface area contributed by atoms with Gasteiger partial charge >= 0.3 is 5.97 Å². The molecule has 3 rings (SSSR count). The van der Waals surface area contributed by atoms with Crippen LogP contribution in [0.15, 0.2) is 36.4 Å². The minimum Gasteiger partial charge on any atom is -0.426 e. The SMILES string of the molecule is O=C1Cc2cccc3cccc(c23)O1. The molecular formula is C12H8O2. The number of rotatable bonds is 0. The normalized spacial score (nSPS) is 14.1. The van der Waals surface area contributed by atoms with Crippen LogP contribution in [0.5, 0.6) is 5.75 Å². The zero-order chi connectivity index (χ0) is 9.54. The molecule has 0 amide bonds. The fourth-order valence-corrected chi connectivity index (χ4v) is 1.93. The van der Waals surface area contributed by atoms with Crippen molar-refractivity contribution in [2.24, 2.45) is 0 Å². The first-order chi connectivity index (χ1) is 6.84. The monoisotopic (exact) mass is 184 g/mol. The Morgan fingerprint density at radius 2 is 1.86 bits per heavy atom. The van der Waals surface area contributed by atoms with Crippen LogP contribution in [0.25, 0.3) is 10.8 Å². The quantitative estimate of drug-likeness (QED) is 0.464. The van der Waals surface area contributed by atoms with Gasteiger partial charge in [-0.1, -0.05) is 30.3 Å². The Kier molecular flexibility index (Phi) is 1.39. The Bertz CT molecular complexity index is 486. The minimum absolute atomic E-state index is 0.170. The second-order valence-electron chi connectivity index (χ2n) is 3.42. The summed E-state index contributed by atoms with van der Waals surface area (Å²) in [7, 11) is 0. The maximum absolute atomic E-state index is 11.2. The first kappa shape index (κ1) is 7.56. The zero-order valence-corrected chi connectivity index (χ0v) is 7.49. The van der Waals surface area contributed by atoms with E-state index in [2.05, 4.69) is 0 Å². The van der Waals surface area contributed by atoms with Crippen LogP contribution in [0, 0.1) is 0 Å². The molecule has 68 valence electrons. The molecule has 0 fully saturated rings. The summed E-state index contributed by atoms with van der Waals surface area (Å²) in [4.78, 5) is 11.2. The van der Waals surface area contributed by atoms with E-state index in [1.165, 1.54) is 0 Å². The van der Waals surface area contributed by atoms with E-state index in [-0.39, 0.29) is 5.97 Å². The van der Waals surface area contributed by atoms with Gasteiger partial charge in [-0.3, -0.25) is 4.79 Å². The van der Waals surface area contributed by atoms with Gasteiger partial charge in [-0.15, -0.1) is 0 Å². The predicted molar refractivity (Wildman–Crippen MR) is 53.3 cm³/mol. The van der Waals surface area contributed by atoms with E-state index in [1.807, 2.05) is 36.4 Å². The number of esters is 1. The van der Waals surface area contributed by atoms with E-state index in [1.54, 1.807) is 0 Å². The number of benzene rings is 2. The van der Waals surface area contributed by atoms with Gasteiger partial charge in [0.15, 0.2) is 0 Å². The second-order valence-corrected chi connectivity index (χ2v) is 3.42. The van der Waals surface area contributed by atoms with Crippen molar-refractivity contribution in [1.82, 2.24) is 0 Å². The molecule has 0 saturated carbocycles. The van der Waals surface area contributed by atoms with E-state index >= 15 is 0 Å². The van der Waals surface area contributed by atoms with Crippen molar-refractivity contribution in [1.29, 1.82) is 0 Å². The first-order valence-electron chi connectivity index (χ1n) is 4.56. The van der Waals surface area contributed by atoms with Crippen LogP contribution in [0.4, 0.5) is 0 Å². The third-order valence-corrected chi connectivity index (χ3v) is 2.51. The molecule has 14 heavy (non-hydrogen) atoms. The molecule has 0 saturated heterocycles. The lowest BCUT2D eigenvalue weighted by Crippen LogP contribution is -2.16. The maximum Gasteiger partial charge on any atom is 0.315 e. The maximum atomic E-state index is 11.2. The standard InChI is InChI=1S/C12H8O2/c13-11-7-9-5-1-3-8-4-2-6-10(14-11)12(8)9/h1-6H,7H2. The molecule has 2 aromatic carbocycles. The molecule has 0 bridgehead atoms. The number of hydrogen-bond acceptors (Lipinski definition) is 2.